The Kier molecular flexibility index (Phi) is 4.33. The molecule has 0 aliphatic carbocycles. The number of hydrogen-bond donors (Lipinski definition) is 0. The maximum Gasteiger partial charge on any atom is 0.306 e. The van der Waals surface area contributed by atoms with Gasteiger partial charge in [-0.25, -0.2) is 4.98 Å². The Morgan fingerprint density at radius 3 is 2.82 bits per heavy atom. The molecule has 5 nitrogen and oxygen atoms in total. The van der Waals surface area contributed by atoms with Gasteiger partial charge in [-0.1, -0.05) is 0 Å². The highest BCUT2D eigenvalue weighted by atomic mass is 32.1. The number of anilines is 1. The molecule has 94 valence electrons. The number of carbonyl (C=O) groups is 1. The number of rotatable bonds is 4. The molecule has 2 rings (SSSR count). The summed E-state index contributed by atoms with van der Waals surface area (Å²) in [7, 11) is 1.43. The van der Waals surface area contributed by atoms with E-state index in [0.29, 0.717) is 6.42 Å². The van der Waals surface area contributed by atoms with Crippen LogP contribution in [0.25, 0.3) is 0 Å². The van der Waals surface area contributed by atoms with Crippen molar-refractivity contribution in [2.75, 3.05) is 44.7 Å². The first-order valence-electron chi connectivity index (χ1n) is 5.73. The molecule has 0 radical (unpaired) electrons. The quantitative estimate of drug-likeness (QED) is 0.746. The molecule has 0 aromatic carbocycles. The van der Waals surface area contributed by atoms with Crippen molar-refractivity contribution < 1.29 is 9.53 Å². The van der Waals surface area contributed by atoms with Gasteiger partial charge in [-0.15, -0.1) is 11.3 Å². The molecule has 1 saturated heterocycles. The lowest BCUT2D eigenvalue weighted by atomic mass is 10.3. The average molecular weight is 255 g/mol. The van der Waals surface area contributed by atoms with E-state index >= 15 is 0 Å². The molecule has 1 aromatic heterocycles. The number of nitrogens with zero attached hydrogens (tertiary/aromatic N) is 3. The van der Waals surface area contributed by atoms with E-state index in [1.165, 1.54) is 7.11 Å². The van der Waals surface area contributed by atoms with Gasteiger partial charge in [-0.3, -0.25) is 9.69 Å². The third-order valence-corrected chi connectivity index (χ3v) is 3.75. The van der Waals surface area contributed by atoms with Crippen LogP contribution in [0.3, 0.4) is 0 Å². The van der Waals surface area contributed by atoms with Crippen molar-refractivity contribution >= 4 is 22.4 Å². The Labute approximate surface area is 105 Å². The van der Waals surface area contributed by atoms with Gasteiger partial charge >= 0.3 is 5.97 Å². The van der Waals surface area contributed by atoms with E-state index in [1.54, 1.807) is 11.3 Å². The third-order valence-electron chi connectivity index (χ3n) is 2.92. The highest BCUT2D eigenvalue weighted by molar-refractivity contribution is 7.13. The van der Waals surface area contributed by atoms with Crippen LogP contribution in [0.2, 0.25) is 0 Å². The summed E-state index contributed by atoms with van der Waals surface area (Å²) in [5.41, 5.74) is 0. The zero-order valence-electron chi connectivity index (χ0n) is 9.96. The monoisotopic (exact) mass is 255 g/mol. The first kappa shape index (κ1) is 12.3. The van der Waals surface area contributed by atoms with Crippen molar-refractivity contribution in [3.63, 3.8) is 0 Å². The molecular weight excluding hydrogens is 238 g/mol. The predicted octanol–water partition coefficient (Wildman–Crippen LogP) is 0.828. The van der Waals surface area contributed by atoms with Crippen LogP contribution in [0.4, 0.5) is 5.13 Å². The summed E-state index contributed by atoms with van der Waals surface area (Å²) >= 11 is 1.67. The second-order valence-electron chi connectivity index (χ2n) is 3.97. The van der Waals surface area contributed by atoms with E-state index in [1.807, 2.05) is 11.6 Å². The van der Waals surface area contributed by atoms with Crippen LogP contribution < -0.4 is 4.90 Å². The van der Waals surface area contributed by atoms with Gasteiger partial charge in [-0.2, -0.15) is 0 Å². The lowest BCUT2D eigenvalue weighted by Gasteiger charge is -2.34. The number of hydrogen-bond acceptors (Lipinski definition) is 6. The molecule has 1 aliphatic rings. The number of thiazole rings is 1. The van der Waals surface area contributed by atoms with Gasteiger partial charge in [0.1, 0.15) is 0 Å². The molecule has 0 spiro atoms. The second kappa shape index (κ2) is 5.97. The van der Waals surface area contributed by atoms with Crippen LogP contribution in [0.5, 0.6) is 0 Å². The zero-order chi connectivity index (χ0) is 12.1. The number of carbonyl (C=O) groups excluding carboxylic acids is 1. The number of aromatic nitrogens is 1. The molecule has 2 heterocycles. The van der Waals surface area contributed by atoms with Crippen LogP contribution in [0.1, 0.15) is 6.42 Å². The Bertz CT molecular complexity index is 348. The normalized spacial score (nSPS) is 17.1. The van der Waals surface area contributed by atoms with Gasteiger partial charge in [0, 0.05) is 44.3 Å². The topological polar surface area (TPSA) is 45.7 Å². The minimum absolute atomic E-state index is 0.132. The Morgan fingerprint density at radius 2 is 2.24 bits per heavy atom. The second-order valence-corrected chi connectivity index (χ2v) is 4.84. The molecular formula is C11H17N3O2S. The van der Waals surface area contributed by atoms with E-state index in [4.69, 9.17) is 0 Å². The third kappa shape index (κ3) is 3.41. The maximum atomic E-state index is 11.0. The summed E-state index contributed by atoms with van der Waals surface area (Å²) in [6.07, 6.45) is 2.32. The molecule has 17 heavy (non-hydrogen) atoms. The molecule has 1 aromatic rings. The van der Waals surface area contributed by atoms with Crippen molar-refractivity contribution in [2.45, 2.75) is 6.42 Å². The highest BCUT2D eigenvalue weighted by Crippen LogP contribution is 2.18. The van der Waals surface area contributed by atoms with Crippen LogP contribution in [0.15, 0.2) is 11.6 Å². The largest absolute Gasteiger partial charge is 0.469 e. The highest BCUT2D eigenvalue weighted by Gasteiger charge is 2.18. The number of methoxy groups -OCH3 is 1. The van der Waals surface area contributed by atoms with Gasteiger partial charge in [0.25, 0.3) is 0 Å². The molecule has 0 atom stereocenters. The van der Waals surface area contributed by atoms with Crippen molar-refractivity contribution in [2.24, 2.45) is 0 Å². The van der Waals surface area contributed by atoms with Crippen molar-refractivity contribution in [1.82, 2.24) is 9.88 Å². The summed E-state index contributed by atoms with van der Waals surface area (Å²) in [5.74, 6) is -0.132. The molecule has 0 unspecified atom stereocenters. The first-order chi connectivity index (χ1) is 8.29. The Balaban J connectivity index is 1.73. The van der Waals surface area contributed by atoms with E-state index in [2.05, 4.69) is 19.5 Å². The summed E-state index contributed by atoms with van der Waals surface area (Å²) in [6, 6.07) is 0. The molecule has 0 bridgehead atoms. The fourth-order valence-corrected chi connectivity index (χ4v) is 2.58. The van der Waals surface area contributed by atoms with Crippen molar-refractivity contribution in [3.05, 3.63) is 11.6 Å². The minimum Gasteiger partial charge on any atom is -0.469 e. The summed E-state index contributed by atoms with van der Waals surface area (Å²) in [4.78, 5) is 19.9. The lowest BCUT2D eigenvalue weighted by molar-refractivity contribution is -0.141. The summed E-state index contributed by atoms with van der Waals surface area (Å²) in [5, 5.41) is 3.09. The average Bonchev–Trinajstić information content (AvgIpc) is 2.90. The van der Waals surface area contributed by atoms with Gasteiger partial charge in [0.2, 0.25) is 0 Å². The number of esters is 1. The van der Waals surface area contributed by atoms with Crippen molar-refractivity contribution in [1.29, 1.82) is 0 Å². The molecule has 6 heteroatoms. The van der Waals surface area contributed by atoms with Gasteiger partial charge in [-0.05, 0) is 0 Å². The van der Waals surface area contributed by atoms with Crippen LogP contribution in [0, 0.1) is 0 Å². The van der Waals surface area contributed by atoms with Gasteiger partial charge < -0.3 is 9.64 Å². The van der Waals surface area contributed by atoms with Crippen LogP contribution in [-0.4, -0.2) is 55.7 Å². The van der Waals surface area contributed by atoms with E-state index in [-0.39, 0.29) is 5.97 Å². The number of ether oxygens (including phenoxy) is 1. The van der Waals surface area contributed by atoms with E-state index < -0.39 is 0 Å². The molecule has 1 aliphatic heterocycles. The Morgan fingerprint density at radius 1 is 1.47 bits per heavy atom. The zero-order valence-corrected chi connectivity index (χ0v) is 10.8. The van der Waals surface area contributed by atoms with E-state index in [0.717, 1.165) is 37.9 Å². The number of piperazine rings is 1. The Hall–Kier alpha value is -1.14. The lowest BCUT2D eigenvalue weighted by Crippen LogP contribution is -2.46. The van der Waals surface area contributed by atoms with Gasteiger partial charge in [0.05, 0.1) is 13.5 Å². The maximum absolute atomic E-state index is 11.0. The van der Waals surface area contributed by atoms with Crippen LogP contribution in [-0.2, 0) is 9.53 Å². The SMILES string of the molecule is COC(=O)CCN1CCN(c2nccs2)CC1. The summed E-state index contributed by atoms with van der Waals surface area (Å²) in [6.45, 7) is 4.72. The summed E-state index contributed by atoms with van der Waals surface area (Å²) < 4.78 is 4.64. The molecule has 0 amide bonds. The van der Waals surface area contributed by atoms with E-state index in [9.17, 15) is 4.79 Å². The fourth-order valence-electron chi connectivity index (χ4n) is 1.89. The standard InChI is InChI=1S/C11H17N3O2S/c1-16-10(15)2-4-13-5-7-14(8-6-13)11-12-3-9-17-11/h3,9H,2,4-8H2,1H3. The molecule has 0 saturated carbocycles. The smallest absolute Gasteiger partial charge is 0.306 e. The van der Waals surface area contributed by atoms with Gasteiger partial charge in [0.15, 0.2) is 5.13 Å². The fraction of sp³-hybridized carbons (Fsp3) is 0.636. The van der Waals surface area contributed by atoms with Crippen LogP contribution >= 0.6 is 11.3 Å². The molecule has 1 fully saturated rings. The minimum atomic E-state index is -0.132. The predicted molar refractivity (Wildman–Crippen MR) is 67.4 cm³/mol. The molecule has 0 N–H and O–H groups in total. The van der Waals surface area contributed by atoms with Crippen molar-refractivity contribution in [3.8, 4) is 0 Å². The first-order valence-corrected chi connectivity index (χ1v) is 6.61.